The Morgan fingerprint density at radius 1 is 1.38 bits per heavy atom. The Morgan fingerprint density at radius 3 is 2.81 bits per heavy atom. The van der Waals surface area contributed by atoms with Gasteiger partial charge < -0.3 is 20.5 Å². The summed E-state index contributed by atoms with van der Waals surface area (Å²) in [5, 5.41) is 2.81. The van der Waals surface area contributed by atoms with Crippen molar-refractivity contribution in [2.24, 2.45) is 11.7 Å². The maximum atomic E-state index is 12.7. The highest BCUT2D eigenvalue weighted by Gasteiger charge is 2.25. The van der Waals surface area contributed by atoms with Crippen molar-refractivity contribution in [3.8, 4) is 11.5 Å². The smallest absolute Gasteiger partial charge is 0.387 e. The molecule has 0 bridgehead atoms. The van der Waals surface area contributed by atoms with Gasteiger partial charge in [-0.3, -0.25) is 4.79 Å². The van der Waals surface area contributed by atoms with Crippen molar-refractivity contribution in [2.75, 3.05) is 6.61 Å². The second-order valence-corrected chi connectivity index (χ2v) is 6.34. The highest BCUT2D eigenvalue weighted by Crippen LogP contribution is 2.27. The summed E-state index contributed by atoms with van der Waals surface area (Å²) in [7, 11) is 0. The van der Waals surface area contributed by atoms with Crippen LogP contribution in [0, 0.1) is 5.92 Å². The molecule has 1 amide bonds. The number of hydrogen-bond donors (Lipinski definition) is 2. The minimum absolute atomic E-state index is 0. The molecule has 1 aromatic carbocycles. The van der Waals surface area contributed by atoms with Gasteiger partial charge in [0.1, 0.15) is 11.5 Å². The predicted octanol–water partition coefficient (Wildman–Crippen LogP) is 3.63. The van der Waals surface area contributed by atoms with Crippen LogP contribution in [-0.4, -0.2) is 25.2 Å². The summed E-state index contributed by atoms with van der Waals surface area (Å²) >= 11 is 0. The number of nitrogens with two attached hydrogens (primary N) is 1. The van der Waals surface area contributed by atoms with Crippen molar-refractivity contribution in [3.63, 3.8) is 0 Å². The minimum atomic E-state index is -2.94. The number of amides is 1. The third-order valence-electron chi connectivity index (χ3n) is 4.27. The summed E-state index contributed by atoms with van der Waals surface area (Å²) in [5.74, 6) is 0.273. The highest BCUT2D eigenvalue weighted by atomic mass is 35.5. The van der Waals surface area contributed by atoms with Crippen molar-refractivity contribution in [1.29, 1.82) is 0 Å². The topological polar surface area (TPSA) is 73.6 Å². The van der Waals surface area contributed by atoms with E-state index in [4.69, 9.17) is 10.5 Å². The van der Waals surface area contributed by atoms with Crippen LogP contribution in [0.2, 0.25) is 0 Å². The third-order valence-corrected chi connectivity index (χ3v) is 4.27. The molecule has 2 rings (SSSR count). The van der Waals surface area contributed by atoms with Gasteiger partial charge in [-0.15, -0.1) is 12.4 Å². The van der Waals surface area contributed by atoms with E-state index < -0.39 is 6.61 Å². The van der Waals surface area contributed by atoms with Gasteiger partial charge >= 0.3 is 6.61 Å². The van der Waals surface area contributed by atoms with E-state index in [0.717, 1.165) is 25.7 Å². The van der Waals surface area contributed by atoms with E-state index in [1.54, 1.807) is 12.1 Å². The molecule has 0 heterocycles. The normalized spacial score (nSPS) is 19.6. The SMILES string of the molecule is CCCOc1ccc(CNC(=O)C2CCCC(N)C2)c(OC(F)F)c1.Cl. The fourth-order valence-electron chi connectivity index (χ4n) is 2.99. The molecular weight excluding hydrogens is 366 g/mol. The average Bonchev–Trinajstić information content (AvgIpc) is 2.58. The lowest BCUT2D eigenvalue weighted by molar-refractivity contribution is -0.126. The number of nitrogens with one attached hydrogen (secondary N) is 1. The molecule has 26 heavy (non-hydrogen) atoms. The van der Waals surface area contributed by atoms with Crippen LogP contribution >= 0.6 is 12.4 Å². The van der Waals surface area contributed by atoms with E-state index in [1.807, 2.05) is 6.92 Å². The molecule has 0 saturated heterocycles. The number of ether oxygens (including phenoxy) is 2. The van der Waals surface area contributed by atoms with Crippen LogP contribution in [0.25, 0.3) is 0 Å². The Hall–Kier alpha value is -1.60. The molecule has 2 atom stereocenters. The number of hydrogen-bond acceptors (Lipinski definition) is 4. The van der Waals surface area contributed by atoms with Crippen LogP contribution in [0.4, 0.5) is 8.78 Å². The molecule has 0 spiro atoms. The van der Waals surface area contributed by atoms with Crippen molar-refractivity contribution in [2.45, 2.75) is 58.2 Å². The molecule has 1 aromatic rings. The Balaban J connectivity index is 0.00000338. The van der Waals surface area contributed by atoms with Gasteiger partial charge in [0.15, 0.2) is 0 Å². The molecule has 1 aliphatic carbocycles. The second-order valence-electron chi connectivity index (χ2n) is 6.34. The third kappa shape index (κ3) is 6.96. The summed E-state index contributed by atoms with van der Waals surface area (Å²) < 4.78 is 35.3. The van der Waals surface area contributed by atoms with E-state index in [1.165, 1.54) is 6.07 Å². The molecule has 0 aliphatic heterocycles. The lowest BCUT2D eigenvalue weighted by Gasteiger charge is -2.25. The molecule has 0 aromatic heterocycles. The van der Waals surface area contributed by atoms with Crippen molar-refractivity contribution >= 4 is 18.3 Å². The van der Waals surface area contributed by atoms with E-state index in [2.05, 4.69) is 10.1 Å². The van der Waals surface area contributed by atoms with E-state index >= 15 is 0 Å². The highest BCUT2D eigenvalue weighted by molar-refractivity contribution is 5.85. The van der Waals surface area contributed by atoms with Crippen LogP contribution in [0.3, 0.4) is 0 Å². The van der Waals surface area contributed by atoms with Crippen molar-refractivity contribution in [3.05, 3.63) is 23.8 Å². The maximum Gasteiger partial charge on any atom is 0.387 e. The van der Waals surface area contributed by atoms with Crippen LogP contribution < -0.4 is 20.5 Å². The summed E-state index contributed by atoms with van der Waals surface area (Å²) in [5.41, 5.74) is 6.39. The molecule has 5 nitrogen and oxygen atoms in total. The molecule has 0 radical (unpaired) electrons. The molecular formula is C18H27ClF2N2O3. The number of alkyl halides is 2. The van der Waals surface area contributed by atoms with Gasteiger partial charge in [0.25, 0.3) is 0 Å². The lowest BCUT2D eigenvalue weighted by Crippen LogP contribution is -2.37. The molecule has 148 valence electrons. The summed E-state index contributed by atoms with van der Waals surface area (Å²) in [4.78, 5) is 12.3. The summed E-state index contributed by atoms with van der Waals surface area (Å²) in [6.45, 7) is -0.364. The van der Waals surface area contributed by atoms with E-state index in [-0.39, 0.29) is 42.6 Å². The van der Waals surface area contributed by atoms with Gasteiger partial charge in [0.2, 0.25) is 5.91 Å². The van der Waals surface area contributed by atoms with Crippen LogP contribution in [0.15, 0.2) is 18.2 Å². The zero-order chi connectivity index (χ0) is 18.2. The number of benzene rings is 1. The first-order chi connectivity index (χ1) is 12.0. The number of carbonyl (C=O) groups excluding carboxylic acids is 1. The van der Waals surface area contributed by atoms with Crippen LogP contribution in [-0.2, 0) is 11.3 Å². The second kappa shape index (κ2) is 11.2. The Bertz CT molecular complexity index is 575. The van der Waals surface area contributed by atoms with Gasteiger partial charge in [-0.05, 0) is 37.8 Å². The minimum Gasteiger partial charge on any atom is -0.493 e. The molecule has 1 saturated carbocycles. The van der Waals surface area contributed by atoms with Gasteiger partial charge in [0.05, 0.1) is 6.61 Å². The first-order valence-electron chi connectivity index (χ1n) is 8.73. The molecule has 1 fully saturated rings. The Morgan fingerprint density at radius 2 is 2.15 bits per heavy atom. The van der Waals surface area contributed by atoms with Crippen molar-refractivity contribution < 1.29 is 23.0 Å². The Labute approximate surface area is 159 Å². The van der Waals surface area contributed by atoms with Gasteiger partial charge in [-0.1, -0.05) is 13.3 Å². The fourth-order valence-corrected chi connectivity index (χ4v) is 2.99. The first-order valence-corrected chi connectivity index (χ1v) is 8.73. The number of halogens is 3. The van der Waals surface area contributed by atoms with Crippen molar-refractivity contribution in [1.82, 2.24) is 5.32 Å². The van der Waals surface area contributed by atoms with E-state index in [0.29, 0.717) is 24.3 Å². The Kier molecular flexibility index (Phi) is 9.65. The largest absolute Gasteiger partial charge is 0.493 e. The van der Waals surface area contributed by atoms with Gasteiger partial charge in [0, 0.05) is 30.1 Å². The number of carbonyl (C=O) groups is 1. The van der Waals surface area contributed by atoms with Gasteiger partial charge in [-0.2, -0.15) is 8.78 Å². The molecule has 3 N–H and O–H groups in total. The molecule has 8 heteroatoms. The first kappa shape index (κ1) is 22.4. The lowest BCUT2D eigenvalue weighted by atomic mass is 9.85. The zero-order valence-electron chi connectivity index (χ0n) is 14.9. The summed E-state index contributed by atoms with van der Waals surface area (Å²) in [6, 6.07) is 4.80. The van der Waals surface area contributed by atoms with Gasteiger partial charge in [-0.25, -0.2) is 0 Å². The molecule has 2 unspecified atom stereocenters. The van der Waals surface area contributed by atoms with Crippen LogP contribution in [0.5, 0.6) is 11.5 Å². The molecule has 1 aliphatic rings. The quantitative estimate of drug-likeness (QED) is 0.708. The van der Waals surface area contributed by atoms with E-state index in [9.17, 15) is 13.6 Å². The zero-order valence-corrected chi connectivity index (χ0v) is 15.7. The predicted molar refractivity (Wildman–Crippen MR) is 97.9 cm³/mol. The number of rotatable bonds is 8. The van der Waals surface area contributed by atoms with Crippen LogP contribution in [0.1, 0.15) is 44.6 Å². The average molecular weight is 393 g/mol. The summed E-state index contributed by atoms with van der Waals surface area (Å²) in [6.07, 6.45) is 4.16. The monoisotopic (exact) mass is 392 g/mol. The fraction of sp³-hybridized carbons (Fsp3) is 0.611. The standard InChI is InChI=1S/C18H26F2N2O3.ClH/c1-2-8-24-15-7-6-13(16(10-15)25-18(19)20)11-22-17(23)12-4-3-5-14(21)9-12;/h6-7,10,12,14,18H,2-5,8-9,11,21H2,1H3,(H,22,23);1H. The maximum absolute atomic E-state index is 12.7.